The summed E-state index contributed by atoms with van der Waals surface area (Å²) >= 11 is 11.8. The molecule has 0 bridgehead atoms. The summed E-state index contributed by atoms with van der Waals surface area (Å²) in [6, 6.07) is 22.6. The van der Waals surface area contributed by atoms with Crippen LogP contribution in [0.1, 0.15) is 33.9 Å². The molecule has 2 N–H and O–H groups in total. The molecule has 0 unspecified atom stereocenters. The molecule has 2 nitrogen and oxygen atoms in total. The molecular weight excluding hydrogens is 372 g/mol. The van der Waals surface area contributed by atoms with E-state index in [4.69, 9.17) is 23.8 Å². The van der Waals surface area contributed by atoms with E-state index in [2.05, 4.69) is 54.8 Å². The molecule has 0 saturated heterocycles. The minimum absolute atomic E-state index is 0.0345. The van der Waals surface area contributed by atoms with Crippen LogP contribution in [0.25, 0.3) is 0 Å². The van der Waals surface area contributed by atoms with Gasteiger partial charge in [0.05, 0.1) is 6.04 Å². The fourth-order valence-electron chi connectivity index (χ4n) is 3.10. The SMILES string of the molecule is Cc1ccc([C@H](NC(=S)Nc2ccc(C)c(Cl)c2)c2ccccc2)c(C)c1. The molecule has 3 aromatic rings. The molecule has 0 aliphatic rings. The molecule has 0 fully saturated rings. The summed E-state index contributed by atoms with van der Waals surface area (Å²) in [5.41, 5.74) is 6.76. The maximum atomic E-state index is 6.23. The van der Waals surface area contributed by atoms with Crippen LogP contribution < -0.4 is 10.6 Å². The van der Waals surface area contributed by atoms with Gasteiger partial charge in [0.1, 0.15) is 0 Å². The summed E-state index contributed by atoms with van der Waals surface area (Å²) in [6.45, 7) is 6.22. The van der Waals surface area contributed by atoms with Crippen LogP contribution in [0, 0.1) is 20.8 Å². The summed E-state index contributed by atoms with van der Waals surface area (Å²) in [7, 11) is 0. The van der Waals surface area contributed by atoms with Crippen molar-refractivity contribution in [1.29, 1.82) is 0 Å². The number of nitrogens with one attached hydrogen (secondary N) is 2. The average molecular weight is 395 g/mol. The van der Waals surface area contributed by atoms with Gasteiger partial charge in [-0.1, -0.05) is 71.8 Å². The molecule has 3 aromatic carbocycles. The molecule has 0 aliphatic heterocycles. The highest BCUT2D eigenvalue weighted by Crippen LogP contribution is 2.26. The molecule has 3 rings (SSSR count). The Bertz CT molecular complexity index is 954. The van der Waals surface area contributed by atoms with Crippen LogP contribution in [0.15, 0.2) is 66.7 Å². The van der Waals surface area contributed by atoms with Crippen molar-refractivity contribution in [3.8, 4) is 0 Å². The van der Waals surface area contributed by atoms with E-state index in [0.29, 0.717) is 5.11 Å². The van der Waals surface area contributed by atoms with Crippen LogP contribution in [-0.2, 0) is 0 Å². The number of aryl methyl sites for hydroxylation is 3. The van der Waals surface area contributed by atoms with E-state index in [0.717, 1.165) is 21.8 Å². The molecule has 0 aromatic heterocycles. The zero-order chi connectivity index (χ0) is 19.4. The third-order valence-corrected chi connectivity index (χ3v) is 5.20. The van der Waals surface area contributed by atoms with Gasteiger partial charge < -0.3 is 10.6 Å². The largest absolute Gasteiger partial charge is 0.352 e. The number of rotatable bonds is 4. The molecule has 0 saturated carbocycles. The van der Waals surface area contributed by atoms with Crippen molar-refractivity contribution in [2.45, 2.75) is 26.8 Å². The van der Waals surface area contributed by atoms with Gasteiger partial charge in [0.2, 0.25) is 0 Å². The van der Waals surface area contributed by atoms with Crippen LogP contribution in [0.4, 0.5) is 5.69 Å². The summed E-state index contributed by atoms with van der Waals surface area (Å²) in [6.07, 6.45) is 0. The van der Waals surface area contributed by atoms with Crippen molar-refractivity contribution in [3.63, 3.8) is 0 Å². The molecule has 0 aliphatic carbocycles. The molecule has 27 heavy (non-hydrogen) atoms. The minimum Gasteiger partial charge on any atom is -0.352 e. The highest BCUT2D eigenvalue weighted by molar-refractivity contribution is 7.80. The second kappa shape index (κ2) is 8.55. The van der Waals surface area contributed by atoms with Crippen molar-refractivity contribution in [3.05, 3.63) is 99.6 Å². The van der Waals surface area contributed by atoms with Gasteiger partial charge in [-0.2, -0.15) is 0 Å². The normalized spacial score (nSPS) is 11.7. The molecule has 0 spiro atoms. The molecule has 1 atom stereocenters. The first-order chi connectivity index (χ1) is 12.9. The lowest BCUT2D eigenvalue weighted by atomic mass is 9.94. The van der Waals surface area contributed by atoms with Gasteiger partial charge in [0.15, 0.2) is 5.11 Å². The first-order valence-electron chi connectivity index (χ1n) is 8.90. The standard InChI is InChI=1S/C23H23ClN2S/c1-15-9-12-20(17(3)13-15)22(18-7-5-4-6-8-18)26-23(27)25-19-11-10-16(2)21(24)14-19/h4-14,22H,1-3H3,(H2,25,26,27)/t22-/m1/s1. The Labute approximate surface area is 171 Å². The van der Waals surface area contributed by atoms with Gasteiger partial charge in [-0.3, -0.25) is 0 Å². The lowest BCUT2D eigenvalue weighted by Gasteiger charge is -2.24. The van der Waals surface area contributed by atoms with Crippen molar-refractivity contribution in [2.75, 3.05) is 5.32 Å². The quantitative estimate of drug-likeness (QED) is 0.505. The van der Waals surface area contributed by atoms with Gasteiger partial charge in [-0.05, 0) is 67.4 Å². The third kappa shape index (κ3) is 4.88. The van der Waals surface area contributed by atoms with Crippen LogP contribution in [0.3, 0.4) is 0 Å². The second-order valence-corrected chi connectivity index (χ2v) is 7.58. The molecular formula is C23H23ClN2S. The van der Waals surface area contributed by atoms with Gasteiger partial charge in [-0.25, -0.2) is 0 Å². The van der Waals surface area contributed by atoms with Crippen LogP contribution in [-0.4, -0.2) is 5.11 Å². The van der Waals surface area contributed by atoms with Crippen molar-refractivity contribution in [1.82, 2.24) is 5.32 Å². The summed E-state index contributed by atoms with van der Waals surface area (Å²) in [5.74, 6) is 0. The van der Waals surface area contributed by atoms with Crippen LogP contribution in [0.5, 0.6) is 0 Å². The number of thiocarbonyl (C=S) groups is 1. The fraction of sp³-hybridized carbons (Fsp3) is 0.174. The molecule has 138 valence electrons. The van der Waals surface area contributed by atoms with E-state index in [9.17, 15) is 0 Å². The van der Waals surface area contributed by atoms with Gasteiger partial charge in [-0.15, -0.1) is 0 Å². The van der Waals surface area contributed by atoms with E-state index in [1.165, 1.54) is 16.7 Å². The summed E-state index contributed by atoms with van der Waals surface area (Å²) < 4.78 is 0. The highest BCUT2D eigenvalue weighted by Gasteiger charge is 2.17. The van der Waals surface area contributed by atoms with E-state index in [1.807, 2.05) is 43.3 Å². The molecule has 4 heteroatoms. The number of benzene rings is 3. The van der Waals surface area contributed by atoms with Crippen molar-refractivity contribution >= 4 is 34.6 Å². The lowest BCUT2D eigenvalue weighted by Crippen LogP contribution is -2.33. The first-order valence-corrected chi connectivity index (χ1v) is 9.68. The minimum atomic E-state index is -0.0345. The van der Waals surface area contributed by atoms with E-state index >= 15 is 0 Å². The Morgan fingerprint density at radius 1 is 0.889 bits per heavy atom. The zero-order valence-corrected chi connectivity index (χ0v) is 17.3. The molecule has 0 amide bonds. The first kappa shape index (κ1) is 19.4. The molecule has 0 radical (unpaired) electrons. The summed E-state index contributed by atoms with van der Waals surface area (Å²) in [4.78, 5) is 0. The maximum absolute atomic E-state index is 6.23. The van der Waals surface area contributed by atoms with Gasteiger partial charge >= 0.3 is 0 Å². The van der Waals surface area contributed by atoms with E-state index < -0.39 is 0 Å². The Morgan fingerprint density at radius 2 is 1.63 bits per heavy atom. The summed E-state index contributed by atoms with van der Waals surface area (Å²) in [5, 5.41) is 7.99. The van der Waals surface area contributed by atoms with Crippen LogP contribution >= 0.6 is 23.8 Å². The Balaban J connectivity index is 1.87. The molecule has 0 heterocycles. The smallest absolute Gasteiger partial charge is 0.171 e. The number of halogens is 1. The zero-order valence-electron chi connectivity index (χ0n) is 15.7. The highest BCUT2D eigenvalue weighted by atomic mass is 35.5. The monoisotopic (exact) mass is 394 g/mol. The average Bonchev–Trinajstić information content (AvgIpc) is 2.64. The maximum Gasteiger partial charge on any atom is 0.171 e. The third-order valence-electron chi connectivity index (χ3n) is 4.57. The van der Waals surface area contributed by atoms with Crippen molar-refractivity contribution in [2.24, 2.45) is 0 Å². The number of hydrogen-bond donors (Lipinski definition) is 2. The number of hydrogen-bond acceptors (Lipinski definition) is 1. The topological polar surface area (TPSA) is 24.1 Å². The van der Waals surface area contributed by atoms with E-state index in [-0.39, 0.29) is 6.04 Å². The lowest BCUT2D eigenvalue weighted by molar-refractivity contribution is 0.762. The second-order valence-electron chi connectivity index (χ2n) is 6.77. The van der Waals surface area contributed by atoms with Gasteiger partial charge in [0.25, 0.3) is 0 Å². The Morgan fingerprint density at radius 3 is 2.30 bits per heavy atom. The van der Waals surface area contributed by atoms with Crippen LogP contribution in [0.2, 0.25) is 5.02 Å². The predicted octanol–water partition coefficient (Wildman–Crippen LogP) is 6.34. The van der Waals surface area contributed by atoms with E-state index in [1.54, 1.807) is 0 Å². The Kier molecular flexibility index (Phi) is 6.15. The Hall–Kier alpha value is -2.36. The predicted molar refractivity (Wildman–Crippen MR) is 120 cm³/mol. The van der Waals surface area contributed by atoms with Gasteiger partial charge in [0, 0.05) is 10.7 Å². The van der Waals surface area contributed by atoms with Crippen molar-refractivity contribution < 1.29 is 0 Å². The fourth-order valence-corrected chi connectivity index (χ4v) is 3.52. The number of anilines is 1.